The first-order valence-corrected chi connectivity index (χ1v) is 14.1. The van der Waals surface area contributed by atoms with Gasteiger partial charge < -0.3 is 14.4 Å². The third-order valence-electron chi connectivity index (χ3n) is 7.19. The summed E-state index contributed by atoms with van der Waals surface area (Å²) in [6, 6.07) is 22.7. The van der Waals surface area contributed by atoms with Gasteiger partial charge in [-0.05, 0) is 64.8 Å². The van der Waals surface area contributed by atoms with Gasteiger partial charge in [0.15, 0.2) is 5.54 Å². The van der Waals surface area contributed by atoms with Gasteiger partial charge in [0.05, 0.1) is 29.2 Å². The molecule has 9 heteroatoms. The molecule has 0 bridgehead atoms. The van der Waals surface area contributed by atoms with E-state index in [1.54, 1.807) is 32.6 Å². The number of carbonyl (C=O) groups is 3. The molecule has 1 aliphatic heterocycles. The first kappa shape index (κ1) is 29.6. The van der Waals surface area contributed by atoms with Gasteiger partial charge in [0.1, 0.15) is 5.60 Å². The number of benzene rings is 3. The molecule has 1 aromatic heterocycles. The first-order chi connectivity index (χ1) is 20.3. The zero-order valence-corrected chi connectivity index (χ0v) is 25.5. The fourth-order valence-corrected chi connectivity index (χ4v) is 5.73. The average molecular weight is 581 g/mol. The molecule has 4 aromatic rings. The van der Waals surface area contributed by atoms with Gasteiger partial charge in [-0.15, -0.1) is 0 Å². The molecule has 2 amide bonds. The summed E-state index contributed by atoms with van der Waals surface area (Å²) in [6.07, 6.45) is -0.798. The van der Waals surface area contributed by atoms with Crippen LogP contribution in [0.15, 0.2) is 72.8 Å². The SMILES string of the molecule is CC(=O)Oc1c([C@@]2(NC(=O)OC(C)(C)C)C(=O)N(Cc3ccccc3)c3c(C)cc(C)cc32)c(C)nn1-c1ccccc1. The summed E-state index contributed by atoms with van der Waals surface area (Å²) >= 11 is 0. The second-order valence-corrected chi connectivity index (χ2v) is 11.8. The van der Waals surface area contributed by atoms with E-state index in [0.29, 0.717) is 22.6 Å². The van der Waals surface area contributed by atoms with Crippen molar-refractivity contribution in [2.24, 2.45) is 0 Å². The van der Waals surface area contributed by atoms with Gasteiger partial charge in [-0.1, -0.05) is 66.2 Å². The van der Waals surface area contributed by atoms with E-state index in [0.717, 1.165) is 16.7 Å². The molecule has 0 aliphatic carbocycles. The van der Waals surface area contributed by atoms with E-state index >= 15 is 4.79 Å². The van der Waals surface area contributed by atoms with Crippen LogP contribution in [-0.4, -0.2) is 33.4 Å². The summed E-state index contributed by atoms with van der Waals surface area (Å²) in [6.45, 7) is 12.4. The number of carbonyl (C=O) groups excluding carboxylic acids is 3. The Hall–Kier alpha value is -4.92. The Balaban J connectivity index is 1.84. The number of para-hydroxylation sites is 1. The van der Waals surface area contributed by atoms with Crippen LogP contribution in [0.3, 0.4) is 0 Å². The number of nitrogens with one attached hydrogen (secondary N) is 1. The van der Waals surface area contributed by atoms with Crippen LogP contribution in [0.1, 0.15) is 61.2 Å². The van der Waals surface area contributed by atoms with Gasteiger partial charge in [-0.2, -0.15) is 5.10 Å². The zero-order valence-electron chi connectivity index (χ0n) is 25.5. The number of aryl methyl sites for hydroxylation is 3. The maximum Gasteiger partial charge on any atom is 0.409 e. The molecule has 0 unspecified atom stereocenters. The Labute approximate surface area is 251 Å². The molecule has 2 heterocycles. The number of esters is 1. The number of anilines is 1. The number of ether oxygens (including phenoxy) is 2. The summed E-state index contributed by atoms with van der Waals surface area (Å²) in [5, 5.41) is 7.71. The van der Waals surface area contributed by atoms with E-state index in [9.17, 15) is 9.59 Å². The van der Waals surface area contributed by atoms with Crippen molar-refractivity contribution in [3.05, 3.63) is 106 Å². The second kappa shape index (κ2) is 11.1. The van der Waals surface area contributed by atoms with Crippen molar-refractivity contribution in [2.75, 3.05) is 4.90 Å². The summed E-state index contributed by atoms with van der Waals surface area (Å²) in [4.78, 5) is 43.0. The molecule has 1 aliphatic rings. The van der Waals surface area contributed by atoms with Crippen molar-refractivity contribution < 1.29 is 23.9 Å². The van der Waals surface area contributed by atoms with E-state index in [1.165, 1.54) is 11.6 Å². The lowest BCUT2D eigenvalue weighted by molar-refractivity contribution is -0.132. The minimum absolute atomic E-state index is 0.0345. The quantitative estimate of drug-likeness (QED) is 0.279. The lowest BCUT2D eigenvalue weighted by atomic mass is 9.82. The van der Waals surface area contributed by atoms with Crippen molar-refractivity contribution in [2.45, 2.75) is 66.2 Å². The van der Waals surface area contributed by atoms with Crippen molar-refractivity contribution in [1.82, 2.24) is 15.1 Å². The van der Waals surface area contributed by atoms with Crippen molar-refractivity contribution in [1.29, 1.82) is 0 Å². The number of hydrogen-bond donors (Lipinski definition) is 1. The third-order valence-corrected chi connectivity index (χ3v) is 7.19. The Kier molecular flexibility index (Phi) is 7.60. The molecule has 0 spiro atoms. The Morgan fingerprint density at radius 2 is 1.58 bits per heavy atom. The van der Waals surface area contributed by atoms with Crippen LogP contribution in [0, 0.1) is 20.8 Å². The molecule has 5 rings (SSSR count). The summed E-state index contributed by atoms with van der Waals surface area (Å²) in [7, 11) is 0. The standard InChI is InChI=1S/C34H36N4O5/c1-21-18-22(2)29-27(19-21)34(35-32(41)43-33(5,6)7,31(40)37(29)20-25-14-10-8-11-15-25)28-23(3)36-38(30(28)42-24(4)39)26-16-12-9-13-17-26/h8-19H,20H2,1-7H3,(H,35,41)/t34-/m1/s1. The molecule has 222 valence electrons. The van der Waals surface area contributed by atoms with Gasteiger partial charge in [0, 0.05) is 12.5 Å². The Morgan fingerprint density at radius 3 is 2.19 bits per heavy atom. The molecule has 0 fully saturated rings. The summed E-state index contributed by atoms with van der Waals surface area (Å²) in [5.74, 6) is -0.986. The minimum atomic E-state index is -1.83. The van der Waals surface area contributed by atoms with Crippen LogP contribution in [-0.2, 0) is 26.4 Å². The normalized spacial score (nSPS) is 16.2. The monoisotopic (exact) mass is 580 g/mol. The van der Waals surface area contributed by atoms with Crippen molar-refractivity contribution in [3.63, 3.8) is 0 Å². The van der Waals surface area contributed by atoms with Gasteiger partial charge in [-0.3, -0.25) is 14.9 Å². The third kappa shape index (κ3) is 5.50. The average Bonchev–Trinajstić information content (AvgIpc) is 3.35. The van der Waals surface area contributed by atoms with E-state index in [-0.39, 0.29) is 18.0 Å². The number of aromatic nitrogens is 2. The van der Waals surface area contributed by atoms with Gasteiger partial charge >= 0.3 is 12.1 Å². The van der Waals surface area contributed by atoms with E-state index < -0.39 is 29.1 Å². The largest absolute Gasteiger partial charge is 0.444 e. The van der Waals surface area contributed by atoms with Crippen molar-refractivity contribution >= 4 is 23.7 Å². The highest BCUT2D eigenvalue weighted by Crippen LogP contribution is 2.51. The maximum atomic E-state index is 15.1. The molecule has 0 saturated heterocycles. The number of nitrogens with zero attached hydrogens (tertiary/aromatic N) is 3. The van der Waals surface area contributed by atoms with Crippen LogP contribution >= 0.6 is 0 Å². The molecule has 3 aromatic carbocycles. The zero-order chi connectivity index (χ0) is 31.1. The number of fused-ring (bicyclic) bond motifs is 1. The molecule has 1 atom stereocenters. The Bertz CT molecular complexity index is 1710. The van der Waals surface area contributed by atoms with Gasteiger partial charge in [-0.25, -0.2) is 9.48 Å². The number of rotatable bonds is 6. The Morgan fingerprint density at radius 1 is 0.953 bits per heavy atom. The lowest BCUT2D eigenvalue weighted by Crippen LogP contribution is -2.55. The highest BCUT2D eigenvalue weighted by Gasteiger charge is 2.58. The molecular formula is C34H36N4O5. The van der Waals surface area contributed by atoms with Crippen LogP contribution in [0.5, 0.6) is 5.88 Å². The highest BCUT2D eigenvalue weighted by atomic mass is 16.6. The van der Waals surface area contributed by atoms with Gasteiger partial charge in [0.2, 0.25) is 5.88 Å². The fourth-order valence-electron chi connectivity index (χ4n) is 5.73. The molecule has 1 N–H and O–H groups in total. The maximum absolute atomic E-state index is 15.1. The molecule has 0 saturated carbocycles. The minimum Gasteiger partial charge on any atom is -0.444 e. The number of hydrogen-bond acceptors (Lipinski definition) is 6. The van der Waals surface area contributed by atoms with Crippen LogP contribution in [0.4, 0.5) is 10.5 Å². The van der Waals surface area contributed by atoms with Crippen LogP contribution in [0.25, 0.3) is 5.69 Å². The van der Waals surface area contributed by atoms with E-state index in [1.807, 2.05) is 86.6 Å². The molecule has 43 heavy (non-hydrogen) atoms. The summed E-state index contributed by atoms with van der Waals surface area (Å²) in [5.41, 5.74) is 2.46. The van der Waals surface area contributed by atoms with E-state index in [4.69, 9.17) is 14.6 Å². The van der Waals surface area contributed by atoms with Crippen LogP contribution in [0.2, 0.25) is 0 Å². The lowest BCUT2D eigenvalue weighted by Gasteiger charge is -2.32. The van der Waals surface area contributed by atoms with E-state index in [2.05, 4.69) is 5.32 Å². The smallest absolute Gasteiger partial charge is 0.409 e. The topological polar surface area (TPSA) is 103 Å². The number of alkyl carbamates (subject to hydrolysis) is 1. The van der Waals surface area contributed by atoms with Crippen LogP contribution < -0.4 is 15.0 Å². The molecule has 0 radical (unpaired) electrons. The second-order valence-electron chi connectivity index (χ2n) is 11.8. The predicted octanol–water partition coefficient (Wildman–Crippen LogP) is 6.04. The fraction of sp³-hybridized carbons (Fsp3) is 0.294. The highest BCUT2D eigenvalue weighted by molar-refractivity contribution is 6.12. The predicted molar refractivity (Wildman–Crippen MR) is 163 cm³/mol. The first-order valence-electron chi connectivity index (χ1n) is 14.1. The molecule has 9 nitrogen and oxygen atoms in total. The summed E-state index contributed by atoms with van der Waals surface area (Å²) < 4.78 is 13.1. The number of amides is 2. The van der Waals surface area contributed by atoms with Crippen molar-refractivity contribution in [3.8, 4) is 11.6 Å². The molecular weight excluding hydrogens is 544 g/mol. The van der Waals surface area contributed by atoms with Gasteiger partial charge in [0.25, 0.3) is 5.91 Å².